The maximum absolute atomic E-state index is 13.2. The van der Waals surface area contributed by atoms with Crippen molar-refractivity contribution in [3.8, 4) is 0 Å². The maximum Gasteiger partial charge on any atom is 0.246 e. The highest BCUT2D eigenvalue weighted by atomic mass is 79.9. The molecule has 2 aliphatic rings. The van der Waals surface area contributed by atoms with Gasteiger partial charge in [0.25, 0.3) is 0 Å². The van der Waals surface area contributed by atoms with Crippen LogP contribution in [0.2, 0.25) is 0 Å². The number of hydrogen-bond donors (Lipinski definition) is 3. The van der Waals surface area contributed by atoms with E-state index in [9.17, 15) is 19.1 Å². The van der Waals surface area contributed by atoms with E-state index in [-0.39, 0.29) is 44.8 Å². The van der Waals surface area contributed by atoms with E-state index >= 15 is 0 Å². The van der Waals surface area contributed by atoms with E-state index in [0.717, 1.165) is 14.5 Å². The molecule has 32 heavy (non-hydrogen) atoms. The summed E-state index contributed by atoms with van der Waals surface area (Å²) in [6.45, 7) is -0.382. The van der Waals surface area contributed by atoms with Crippen molar-refractivity contribution in [1.29, 1.82) is 0 Å². The number of amides is 2. The average molecular weight is 574 g/mol. The van der Waals surface area contributed by atoms with E-state index in [0.29, 0.717) is 5.56 Å². The highest BCUT2D eigenvalue weighted by Crippen LogP contribution is 2.28. The van der Waals surface area contributed by atoms with Crippen LogP contribution >= 0.6 is 31.9 Å². The summed E-state index contributed by atoms with van der Waals surface area (Å²) in [5, 5.41) is 14.9. The Morgan fingerprint density at radius 3 is 1.78 bits per heavy atom. The van der Waals surface area contributed by atoms with Crippen LogP contribution in [0.15, 0.2) is 57.5 Å². The fourth-order valence-electron chi connectivity index (χ4n) is 3.52. The number of benzene rings is 2. The second-order valence-electron chi connectivity index (χ2n) is 7.56. The molecule has 0 saturated carbocycles. The SMILES string of the molecule is O=C1COCC(CF)(c2cccc(Br)c2)N1.O=C1COCC(CO)(c2cccc(Br)c2)N1. The third-order valence-corrected chi connectivity index (χ3v) is 6.16. The van der Waals surface area contributed by atoms with Crippen LogP contribution in [-0.2, 0) is 30.1 Å². The number of carbonyl (C=O) groups excluding carboxylic acids is 2. The van der Waals surface area contributed by atoms with Crippen LogP contribution in [0, 0.1) is 0 Å². The van der Waals surface area contributed by atoms with Gasteiger partial charge in [0.15, 0.2) is 0 Å². The molecule has 2 amide bonds. The van der Waals surface area contributed by atoms with Gasteiger partial charge in [0, 0.05) is 8.95 Å². The van der Waals surface area contributed by atoms with Crippen molar-refractivity contribution in [2.24, 2.45) is 0 Å². The van der Waals surface area contributed by atoms with E-state index in [1.54, 1.807) is 18.2 Å². The molecule has 4 rings (SSSR count). The van der Waals surface area contributed by atoms with E-state index < -0.39 is 17.8 Å². The van der Waals surface area contributed by atoms with Crippen LogP contribution in [0.1, 0.15) is 11.1 Å². The molecule has 2 aromatic rings. The fraction of sp³-hybridized carbons (Fsp3) is 0.364. The molecule has 0 aromatic heterocycles. The topological polar surface area (TPSA) is 96.9 Å². The third-order valence-electron chi connectivity index (χ3n) is 5.17. The Morgan fingerprint density at radius 2 is 1.34 bits per heavy atom. The molecule has 0 radical (unpaired) electrons. The molecule has 2 saturated heterocycles. The van der Waals surface area contributed by atoms with Crippen LogP contribution in [-0.4, -0.2) is 56.6 Å². The quantitative estimate of drug-likeness (QED) is 0.522. The normalized spacial score (nSPS) is 25.2. The summed E-state index contributed by atoms with van der Waals surface area (Å²) in [5.41, 5.74) is -0.326. The highest BCUT2D eigenvalue weighted by molar-refractivity contribution is 9.10. The predicted molar refractivity (Wildman–Crippen MR) is 123 cm³/mol. The number of alkyl halides is 1. The van der Waals surface area contributed by atoms with Crippen LogP contribution in [0.3, 0.4) is 0 Å². The molecule has 10 heteroatoms. The lowest BCUT2D eigenvalue weighted by Crippen LogP contribution is -2.56. The monoisotopic (exact) mass is 572 g/mol. The maximum atomic E-state index is 13.2. The Bertz CT molecular complexity index is 901. The van der Waals surface area contributed by atoms with Gasteiger partial charge in [-0.05, 0) is 35.4 Å². The molecule has 0 aliphatic carbocycles. The zero-order valence-electron chi connectivity index (χ0n) is 17.1. The highest BCUT2D eigenvalue weighted by Gasteiger charge is 2.38. The molecule has 3 N–H and O–H groups in total. The second kappa shape index (κ2) is 10.8. The van der Waals surface area contributed by atoms with Gasteiger partial charge in [-0.1, -0.05) is 56.1 Å². The molecule has 7 nitrogen and oxygen atoms in total. The second-order valence-corrected chi connectivity index (χ2v) is 9.39. The molecule has 2 fully saturated rings. The third kappa shape index (κ3) is 5.74. The Labute approximate surface area is 201 Å². The molecule has 2 aromatic carbocycles. The van der Waals surface area contributed by atoms with E-state index in [1.807, 2.05) is 30.3 Å². The molecule has 2 aliphatic heterocycles. The Kier molecular flexibility index (Phi) is 8.40. The predicted octanol–water partition coefficient (Wildman–Crippen LogP) is 2.54. The zero-order valence-corrected chi connectivity index (χ0v) is 20.2. The van der Waals surface area contributed by atoms with Gasteiger partial charge in [-0.25, -0.2) is 4.39 Å². The number of ether oxygens (including phenoxy) is 2. The first-order valence-corrected chi connectivity index (χ1v) is 11.4. The van der Waals surface area contributed by atoms with Crippen LogP contribution in [0.4, 0.5) is 4.39 Å². The molecule has 2 unspecified atom stereocenters. The van der Waals surface area contributed by atoms with Crippen molar-refractivity contribution in [1.82, 2.24) is 10.6 Å². The minimum atomic E-state index is -1.04. The van der Waals surface area contributed by atoms with Crippen molar-refractivity contribution in [2.45, 2.75) is 11.1 Å². The molecule has 0 bridgehead atoms. The number of carbonyl (C=O) groups is 2. The number of rotatable bonds is 4. The number of halogens is 3. The number of aliphatic hydroxyl groups is 1. The summed E-state index contributed by atoms with van der Waals surface area (Å²) in [7, 11) is 0. The summed E-state index contributed by atoms with van der Waals surface area (Å²) < 4.78 is 25.3. The molecular formula is C22H23Br2FN2O5. The fourth-order valence-corrected chi connectivity index (χ4v) is 4.32. The van der Waals surface area contributed by atoms with Gasteiger partial charge in [-0.2, -0.15) is 0 Å². The Balaban J connectivity index is 0.000000181. The van der Waals surface area contributed by atoms with Crippen molar-refractivity contribution in [3.63, 3.8) is 0 Å². The van der Waals surface area contributed by atoms with Gasteiger partial charge in [0.1, 0.15) is 31.0 Å². The molecule has 0 spiro atoms. The number of aliphatic hydroxyl groups excluding tert-OH is 1. The van der Waals surface area contributed by atoms with Crippen LogP contribution in [0.5, 0.6) is 0 Å². The van der Waals surface area contributed by atoms with Gasteiger partial charge < -0.3 is 25.2 Å². The van der Waals surface area contributed by atoms with Gasteiger partial charge in [-0.3, -0.25) is 9.59 Å². The smallest absolute Gasteiger partial charge is 0.246 e. The zero-order chi connectivity index (χ0) is 23.2. The molecular weight excluding hydrogens is 551 g/mol. The van der Waals surface area contributed by atoms with Crippen LogP contribution in [0.25, 0.3) is 0 Å². The van der Waals surface area contributed by atoms with Gasteiger partial charge in [0.05, 0.1) is 19.8 Å². The lowest BCUT2D eigenvalue weighted by Gasteiger charge is -2.36. The van der Waals surface area contributed by atoms with Crippen molar-refractivity contribution < 1.29 is 28.6 Å². The Morgan fingerprint density at radius 1 is 0.875 bits per heavy atom. The van der Waals surface area contributed by atoms with Gasteiger partial charge in [0.2, 0.25) is 11.8 Å². The first kappa shape index (κ1) is 24.8. The lowest BCUT2D eigenvalue weighted by atomic mass is 9.90. The Hall–Kier alpha value is -1.85. The van der Waals surface area contributed by atoms with Crippen LogP contribution < -0.4 is 10.6 Å². The average Bonchev–Trinajstić information content (AvgIpc) is 2.79. The summed E-state index contributed by atoms with van der Waals surface area (Å²) in [5.74, 6) is -0.496. The minimum Gasteiger partial charge on any atom is -0.393 e. The summed E-state index contributed by atoms with van der Waals surface area (Å²) in [4.78, 5) is 22.6. The van der Waals surface area contributed by atoms with Crippen molar-refractivity contribution in [2.75, 3.05) is 39.7 Å². The standard InChI is InChI=1S/C11H11BrFNO2.C11H12BrNO3/c12-9-3-1-2-8(4-9)11(6-13)7-16-5-10(15)14-11;12-9-3-1-2-8(4-9)11(6-14)7-16-5-10(15)13-11/h1-4H,5-7H2,(H,14,15);1-4,14H,5-7H2,(H,13,15). The van der Waals surface area contributed by atoms with E-state index in [2.05, 4.69) is 42.5 Å². The van der Waals surface area contributed by atoms with E-state index in [1.165, 1.54) is 0 Å². The van der Waals surface area contributed by atoms with E-state index in [4.69, 9.17) is 9.47 Å². The summed E-state index contributed by atoms with van der Waals surface area (Å²) in [6.07, 6.45) is 0. The minimum absolute atomic E-state index is 0.00421. The first-order valence-electron chi connectivity index (χ1n) is 9.79. The molecule has 172 valence electrons. The van der Waals surface area contributed by atoms with Gasteiger partial charge in [-0.15, -0.1) is 0 Å². The summed E-state index contributed by atoms with van der Waals surface area (Å²) in [6, 6.07) is 14.7. The number of morpholine rings is 2. The molecule has 2 heterocycles. The molecule has 2 atom stereocenters. The largest absolute Gasteiger partial charge is 0.393 e. The lowest BCUT2D eigenvalue weighted by molar-refractivity contribution is -0.138. The van der Waals surface area contributed by atoms with Gasteiger partial charge >= 0.3 is 0 Å². The first-order chi connectivity index (χ1) is 15.3. The summed E-state index contributed by atoms with van der Waals surface area (Å²) >= 11 is 6.68. The number of hydrogen-bond acceptors (Lipinski definition) is 5. The van der Waals surface area contributed by atoms with Crippen molar-refractivity contribution in [3.05, 3.63) is 68.6 Å². The number of nitrogens with one attached hydrogen (secondary N) is 2. The van der Waals surface area contributed by atoms with Crippen molar-refractivity contribution >= 4 is 43.7 Å².